The van der Waals surface area contributed by atoms with Gasteiger partial charge in [-0.1, -0.05) is 30.7 Å². The fourth-order valence-electron chi connectivity index (χ4n) is 3.35. The van der Waals surface area contributed by atoms with E-state index in [2.05, 4.69) is 12.2 Å². The third-order valence-electron chi connectivity index (χ3n) is 4.60. The predicted molar refractivity (Wildman–Crippen MR) is 87.0 cm³/mol. The third kappa shape index (κ3) is 3.29. The molecule has 2 heterocycles. The Morgan fingerprint density at radius 3 is 3.05 bits per heavy atom. The van der Waals surface area contributed by atoms with Crippen LogP contribution < -0.4 is 5.32 Å². The van der Waals surface area contributed by atoms with E-state index in [4.69, 9.17) is 16.3 Å². The highest BCUT2D eigenvalue weighted by Crippen LogP contribution is 2.29. The summed E-state index contributed by atoms with van der Waals surface area (Å²) in [6.45, 7) is 4.41. The zero-order chi connectivity index (χ0) is 15.5. The lowest BCUT2D eigenvalue weighted by Gasteiger charge is -2.38. The van der Waals surface area contributed by atoms with Gasteiger partial charge in [0.1, 0.15) is 6.10 Å². The van der Waals surface area contributed by atoms with Gasteiger partial charge in [0.15, 0.2) is 0 Å². The normalized spacial score (nSPS) is 28.8. The smallest absolute Gasteiger partial charge is 0.252 e. The molecular formula is C17H23ClN2O2. The Kier molecular flexibility index (Phi) is 5.01. The topological polar surface area (TPSA) is 41.6 Å². The first-order chi connectivity index (χ1) is 10.7. The standard InChI is InChI=1S/C17H23ClN2O2/c1-2-14-6-7-16(22-14)17(21)20-9-8-19-11-15(20)12-4-3-5-13(18)10-12/h3-5,10,14-16,19H,2,6-9,11H2,1H3. The van der Waals surface area contributed by atoms with Gasteiger partial charge in [0.2, 0.25) is 0 Å². The predicted octanol–water partition coefficient (Wildman–Crippen LogP) is 2.77. The fraction of sp³-hybridized carbons (Fsp3) is 0.588. The zero-order valence-corrected chi connectivity index (χ0v) is 13.7. The van der Waals surface area contributed by atoms with Crippen molar-refractivity contribution in [3.8, 4) is 0 Å². The molecule has 0 aliphatic carbocycles. The number of nitrogens with one attached hydrogen (secondary N) is 1. The summed E-state index contributed by atoms with van der Waals surface area (Å²) in [6.07, 6.45) is 2.76. The van der Waals surface area contributed by atoms with Crippen molar-refractivity contribution in [2.24, 2.45) is 0 Å². The van der Waals surface area contributed by atoms with E-state index in [1.54, 1.807) is 0 Å². The molecule has 3 atom stereocenters. The number of amides is 1. The van der Waals surface area contributed by atoms with Gasteiger partial charge < -0.3 is 15.0 Å². The number of piperazine rings is 1. The van der Waals surface area contributed by atoms with Crippen LogP contribution in [-0.4, -0.2) is 42.6 Å². The molecule has 3 rings (SSSR count). The highest BCUT2D eigenvalue weighted by Gasteiger charge is 2.36. The molecule has 1 N–H and O–H groups in total. The molecule has 0 aromatic heterocycles. The summed E-state index contributed by atoms with van der Waals surface area (Å²) < 4.78 is 5.90. The summed E-state index contributed by atoms with van der Waals surface area (Å²) in [5.41, 5.74) is 1.08. The van der Waals surface area contributed by atoms with Crippen LogP contribution in [0.15, 0.2) is 24.3 Å². The lowest BCUT2D eigenvalue weighted by Crippen LogP contribution is -2.51. The van der Waals surface area contributed by atoms with E-state index < -0.39 is 0 Å². The Hall–Kier alpha value is -1.10. The zero-order valence-electron chi connectivity index (χ0n) is 12.9. The fourth-order valence-corrected chi connectivity index (χ4v) is 3.55. The molecule has 0 spiro atoms. The van der Waals surface area contributed by atoms with E-state index in [0.29, 0.717) is 11.6 Å². The van der Waals surface area contributed by atoms with Crippen molar-refractivity contribution in [3.05, 3.63) is 34.9 Å². The number of benzene rings is 1. The third-order valence-corrected chi connectivity index (χ3v) is 4.83. The molecule has 1 aromatic carbocycles. The Morgan fingerprint density at radius 2 is 2.32 bits per heavy atom. The largest absolute Gasteiger partial charge is 0.365 e. The molecule has 4 nitrogen and oxygen atoms in total. The van der Waals surface area contributed by atoms with Crippen molar-refractivity contribution in [2.45, 2.75) is 44.4 Å². The van der Waals surface area contributed by atoms with Gasteiger partial charge in [0.05, 0.1) is 12.1 Å². The van der Waals surface area contributed by atoms with E-state index in [1.807, 2.05) is 29.2 Å². The summed E-state index contributed by atoms with van der Waals surface area (Å²) in [6, 6.07) is 7.81. The Bertz CT molecular complexity index is 537. The summed E-state index contributed by atoms with van der Waals surface area (Å²) in [4.78, 5) is 14.8. The highest BCUT2D eigenvalue weighted by atomic mass is 35.5. The number of carbonyl (C=O) groups excluding carboxylic acids is 1. The second-order valence-corrected chi connectivity index (χ2v) is 6.48. The van der Waals surface area contributed by atoms with Crippen LogP contribution in [-0.2, 0) is 9.53 Å². The molecule has 2 aliphatic rings. The molecular weight excluding hydrogens is 300 g/mol. The van der Waals surface area contributed by atoms with Crippen molar-refractivity contribution in [1.82, 2.24) is 10.2 Å². The maximum atomic E-state index is 12.9. The molecule has 2 saturated heterocycles. The minimum Gasteiger partial charge on any atom is -0.365 e. The van der Waals surface area contributed by atoms with Gasteiger partial charge in [-0.15, -0.1) is 0 Å². The van der Waals surface area contributed by atoms with Crippen LogP contribution in [0.25, 0.3) is 0 Å². The van der Waals surface area contributed by atoms with Gasteiger partial charge in [0, 0.05) is 24.7 Å². The maximum Gasteiger partial charge on any atom is 0.252 e. The number of hydrogen-bond donors (Lipinski definition) is 1. The van der Waals surface area contributed by atoms with E-state index in [-0.39, 0.29) is 24.2 Å². The molecule has 1 aromatic rings. The molecule has 120 valence electrons. The summed E-state index contributed by atoms with van der Waals surface area (Å²) in [5.74, 6) is 0.127. The number of carbonyl (C=O) groups is 1. The van der Waals surface area contributed by atoms with Crippen LogP contribution in [0.1, 0.15) is 37.8 Å². The Balaban J connectivity index is 1.76. The van der Waals surface area contributed by atoms with Crippen LogP contribution >= 0.6 is 11.6 Å². The van der Waals surface area contributed by atoms with E-state index in [9.17, 15) is 4.79 Å². The second-order valence-electron chi connectivity index (χ2n) is 6.04. The van der Waals surface area contributed by atoms with Gasteiger partial charge in [-0.25, -0.2) is 0 Å². The molecule has 1 amide bonds. The molecule has 2 aliphatic heterocycles. The highest BCUT2D eigenvalue weighted by molar-refractivity contribution is 6.30. The SMILES string of the molecule is CCC1CCC(C(=O)N2CCNCC2c2cccc(Cl)c2)O1. The maximum absolute atomic E-state index is 12.9. The van der Waals surface area contributed by atoms with Gasteiger partial charge in [-0.2, -0.15) is 0 Å². The summed E-state index contributed by atoms with van der Waals surface area (Å²) in [5, 5.41) is 4.08. The van der Waals surface area contributed by atoms with Crippen LogP contribution in [0.2, 0.25) is 5.02 Å². The number of ether oxygens (including phenoxy) is 1. The van der Waals surface area contributed by atoms with Crippen LogP contribution in [0.4, 0.5) is 0 Å². The average molecular weight is 323 g/mol. The monoisotopic (exact) mass is 322 g/mol. The van der Waals surface area contributed by atoms with Crippen LogP contribution in [0.5, 0.6) is 0 Å². The van der Waals surface area contributed by atoms with Gasteiger partial charge in [-0.05, 0) is 37.0 Å². The van der Waals surface area contributed by atoms with Crippen molar-refractivity contribution < 1.29 is 9.53 Å². The van der Waals surface area contributed by atoms with E-state index in [1.165, 1.54) is 0 Å². The molecule has 22 heavy (non-hydrogen) atoms. The second kappa shape index (κ2) is 6.99. The first kappa shape index (κ1) is 15.8. The molecule has 5 heteroatoms. The minimum absolute atomic E-state index is 0.0317. The van der Waals surface area contributed by atoms with Crippen molar-refractivity contribution in [3.63, 3.8) is 0 Å². The molecule has 0 radical (unpaired) electrons. The number of nitrogens with zero attached hydrogens (tertiary/aromatic N) is 1. The Labute approximate surface area is 136 Å². The molecule has 2 fully saturated rings. The van der Waals surface area contributed by atoms with Crippen molar-refractivity contribution in [1.29, 1.82) is 0 Å². The van der Waals surface area contributed by atoms with Gasteiger partial charge in [-0.3, -0.25) is 4.79 Å². The van der Waals surface area contributed by atoms with E-state index >= 15 is 0 Å². The number of halogens is 1. The van der Waals surface area contributed by atoms with Crippen molar-refractivity contribution >= 4 is 17.5 Å². The molecule has 0 bridgehead atoms. The van der Waals surface area contributed by atoms with Crippen LogP contribution in [0, 0.1) is 0 Å². The first-order valence-electron chi connectivity index (χ1n) is 8.11. The number of hydrogen-bond acceptors (Lipinski definition) is 3. The quantitative estimate of drug-likeness (QED) is 0.930. The first-order valence-corrected chi connectivity index (χ1v) is 8.49. The Morgan fingerprint density at radius 1 is 1.45 bits per heavy atom. The van der Waals surface area contributed by atoms with Crippen LogP contribution in [0.3, 0.4) is 0 Å². The van der Waals surface area contributed by atoms with Gasteiger partial charge in [0.25, 0.3) is 5.91 Å². The molecule has 0 saturated carbocycles. The summed E-state index contributed by atoms with van der Waals surface area (Å²) >= 11 is 6.11. The lowest BCUT2D eigenvalue weighted by molar-refractivity contribution is -0.146. The molecule has 3 unspecified atom stereocenters. The summed E-state index contributed by atoms with van der Waals surface area (Å²) in [7, 11) is 0. The lowest BCUT2D eigenvalue weighted by atomic mass is 10.0. The average Bonchev–Trinajstić information content (AvgIpc) is 3.03. The minimum atomic E-state index is -0.273. The number of rotatable bonds is 3. The van der Waals surface area contributed by atoms with E-state index in [0.717, 1.165) is 37.9 Å². The van der Waals surface area contributed by atoms with Gasteiger partial charge >= 0.3 is 0 Å². The van der Waals surface area contributed by atoms with Crippen molar-refractivity contribution in [2.75, 3.05) is 19.6 Å².